The van der Waals surface area contributed by atoms with Crippen LogP contribution in [0.15, 0.2) is 0 Å². The Hall–Kier alpha value is -1.34. The molecule has 1 aliphatic rings. The van der Waals surface area contributed by atoms with E-state index in [9.17, 15) is 14.7 Å². The van der Waals surface area contributed by atoms with Crippen molar-refractivity contribution in [1.82, 2.24) is 0 Å². The highest BCUT2D eigenvalue weighted by Crippen LogP contribution is 2.16. The highest BCUT2D eigenvalue weighted by atomic mass is 16.5. The van der Waals surface area contributed by atoms with E-state index in [4.69, 9.17) is 11.2 Å². The smallest absolute Gasteiger partial charge is 0.313 e. The maximum atomic E-state index is 11.0. The molecule has 1 rings (SSSR count). The molecule has 0 aromatic carbocycles. The summed E-state index contributed by atoms with van der Waals surface area (Å²) in [6.07, 6.45) is 4.28. The lowest BCUT2D eigenvalue weighted by atomic mass is 10.0. The number of aliphatic hydroxyl groups excluding tert-OH is 1. The standard InChI is InChI=1S/C10H12O4/c1-2-3-7(11)4-9-5-8(12)6-10(13)14-9/h1,7,9,11H,3-6H2. The predicted octanol–water partition coefficient (Wildman–Crippen LogP) is 0.0354. The molecule has 4 heteroatoms. The summed E-state index contributed by atoms with van der Waals surface area (Å²) in [4.78, 5) is 21.9. The summed E-state index contributed by atoms with van der Waals surface area (Å²) in [6, 6.07) is 0. The zero-order valence-corrected chi connectivity index (χ0v) is 7.73. The van der Waals surface area contributed by atoms with Crippen molar-refractivity contribution in [3.8, 4) is 12.3 Å². The topological polar surface area (TPSA) is 63.6 Å². The molecule has 14 heavy (non-hydrogen) atoms. The van der Waals surface area contributed by atoms with Gasteiger partial charge in [-0.2, -0.15) is 0 Å². The minimum absolute atomic E-state index is 0.140. The monoisotopic (exact) mass is 196 g/mol. The molecule has 4 nitrogen and oxygen atoms in total. The van der Waals surface area contributed by atoms with Crippen molar-refractivity contribution in [2.75, 3.05) is 0 Å². The zero-order chi connectivity index (χ0) is 10.6. The summed E-state index contributed by atoms with van der Waals surface area (Å²) in [5.41, 5.74) is 0. The highest BCUT2D eigenvalue weighted by Gasteiger charge is 2.27. The first-order valence-electron chi connectivity index (χ1n) is 4.44. The van der Waals surface area contributed by atoms with Crippen LogP contribution in [0.25, 0.3) is 0 Å². The predicted molar refractivity (Wildman–Crippen MR) is 48.2 cm³/mol. The molecular weight excluding hydrogens is 184 g/mol. The first kappa shape index (κ1) is 10.7. The number of Topliss-reactive ketones (excluding diaryl/α,β-unsaturated/α-hetero) is 1. The number of aliphatic hydroxyl groups is 1. The van der Waals surface area contributed by atoms with E-state index in [1.54, 1.807) is 0 Å². The highest BCUT2D eigenvalue weighted by molar-refractivity contribution is 5.97. The van der Waals surface area contributed by atoms with E-state index in [0.29, 0.717) is 0 Å². The molecule has 1 fully saturated rings. The van der Waals surface area contributed by atoms with E-state index < -0.39 is 18.2 Å². The van der Waals surface area contributed by atoms with E-state index in [-0.39, 0.29) is 31.5 Å². The van der Waals surface area contributed by atoms with Crippen LogP contribution in [-0.2, 0) is 14.3 Å². The second-order valence-electron chi connectivity index (χ2n) is 3.33. The van der Waals surface area contributed by atoms with Crippen LogP contribution in [0.4, 0.5) is 0 Å². The van der Waals surface area contributed by atoms with Crippen molar-refractivity contribution >= 4 is 11.8 Å². The molecule has 0 aromatic rings. The second kappa shape index (κ2) is 4.77. The van der Waals surface area contributed by atoms with Gasteiger partial charge in [0.25, 0.3) is 0 Å². The van der Waals surface area contributed by atoms with Crippen LogP contribution in [0.2, 0.25) is 0 Å². The van der Waals surface area contributed by atoms with Gasteiger partial charge in [-0.05, 0) is 0 Å². The average Bonchev–Trinajstić information content (AvgIpc) is 2.01. The van der Waals surface area contributed by atoms with Crippen LogP contribution in [0.3, 0.4) is 0 Å². The molecule has 0 radical (unpaired) electrons. The molecule has 0 amide bonds. The average molecular weight is 196 g/mol. The minimum Gasteiger partial charge on any atom is -0.461 e. The van der Waals surface area contributed by atoms with E-state index in [2.05, 4.69) is 5.92 Å². The Balaban J connectivity index is 2.41. The Labute approximate surface area is 82.2 Å². The number of esters is 1. The Morgan fingerprint density at radius 1 is 1.64 bits per heavy atom. The second-order valence-corrected chi connectivity index (χ2v) is 3.33. The Kier molecular flexibility index (Phi) is 3.66. The molecule has 0 spiro atoms. The number of carbonyl (C=O) groups is 2. The summed E-state index contributed by atoms with van der Waals surface area (Å²) in [5.74, 6) is 1.65. The van der Waals surface area contributed by atoms with Gasteiger partial charge >= 0.3 is 5.97 Å². The van der Waals surface area contributed by atoms with Crippen LogP contribution in [0.1, 0.15) is 25.7 Å². The van der Waals surface area contributed by atoms with Gasteiger partial charge in [0, 0.05) is 19.3 Å². The summed E-state index contributed by atoms with van der Waals surface area (Å²) in [5, 5.41) is 9.33. The number of hydrogen-bond donors (Lipinski definition) is 1. The summed E-state index contributed by atoms with van der Waals surface area (Å²) in [6.45, 7) is 0. The third-order valence-corrected chi connectivity index (χ3v) is 1.98. The van der Waals surface area contributed by atoms with Crippen LogP contribution < -0.4 is 0 Å². The first-order chi connectivity index (χ1) is 6.61. The molecule has 0 aromatic heterocycles. The number of rotatable bonds is 3. The Morgan fingerprint density at radius 3 is 2.93 bits per heavy atom. The van der Waals surface area contributed by atoms with Crippen LogP contribution in [0, 0.1) is 12.3 Å². The third-order valence-electron chi connectivity index (χ3n) is 1.98. The molecule has 0 aliphatic carbocycles. The van der Waals surface area contributed by atoms with E-state index in [0.717, 1.165) is 0 Å². The zero-order valence-electron chi connectivity index (χ0n) is 7.73. The van der Waals surface area contributed by atoms with Gasteiger partial charge in [-0.25, -0.2) is 0 Å². The quantitative estimate of drug-likeness (QED) is 0.393. The van der Waals surface area contributed by atoms with Gasteiger partial charge in [-0.1, -0.05) is 0 Å². The molecular formula is C10H12O4. The van der Waals surface area contributed by atoms with E-state index >= 15 is 0 Å². The fraction of sp³-hybridized carbons (Fsp3) is 0.600. The van der Waals surface area contributed by atoms with Crippen molar-refractivity contribution in [2.45, 2.75) is 37.9 Å². The molecule has 1 saturated heterocycles. The summed E-state index contributed by atoms with van der Waals surface area (Å²) < 4.78 is 4.89. The number of hydrogen-bond acceptors (Lipinski definition) is 4. The lowest BCUT2D eigenvalue weighted by molar-refractivity contribution is -0.159. The molecule has 1 N–H and O–H groups in total. The maximum Gasteiger partial charge on any atom is 0.313 e. The Morgan fingerprint density at radius 2 is 2.36 bits per heavy atom. The number of ether oxygens (including phenoxy) is 1. The molecule has 0 saturated carbocycles. The summed E-state index contributed by atoms with van der Waals surface area (Å²) in [7, 11) is 0. The van der Waals surface area contributed by atoms with Gasteiger partial charge in [0.05, 0.1) is 6.10 Å². The maximum absolute atomic E-state index is 11.0. The fourth-order valence-corrected chi connectivity index (χ4v) is 1.41. The lowest BCUT2D eigenvalue weighted by Crippen LogP contribution is -2.32. The van der Waals surface area contributed by atoms with Crippen LogP contribution in [-0.4, -0.2) is 29.1 Å². The SMILES string of the molecule is C#CCC(O)CC1CC(=O)CC(=O)O1. The minimum atomic E-state index is -0.705. The van der Waals surface area contributed by atoms with Gasteiger partial charge in [-0.3, -0.25) is 9.59 Å². The molecule has 76 valence electrons. The largest absolute Gasteiger partial charge is 0.461 e. The van der Waals surface area contributed by atoms with Crippen LogP contribution in [0.5, 0.6) is 0 Å². The van der Waals surface area contributed by atoms with Gasteiger partial charge < -0.3 is 9.84 Å². The van der Waals surface area contributed by atoms with Crippen molar-refractivity contribution in [3.05, 3.63) is 0 Å². The number of ketones is 1. The first-order valence-corrected chi connectivity index (χ1v) is 4.44. The van der Waals surface area contributed by atoms with Gasteiger partial charge in [0.1, 0.15) is 18.3 Å². The van der Waals surface area contributed by atoms with Crippen LogP contribution >= 0.6 is 0 Å². The van der Waals surface area contributed by atoms with Crippen molar-refractivity contribution in [2.24, 2.45) is 0 Å². The molecule has 2 atom stereocenters. The lowest BCUT2D eigenvalue weighted by Gasteiger charge is -2.22. The molecule has 1 aliphatic heterocycles. The van der Waals surface area contributed by atoms with E-state index in [1.807, 2.05) is 0 Å². The van der Waals surface area contributed by atoms with E-state index in [1.165, 1.54) is 0 Å². The number of terminal acetylenes is 1. The van der Waals surface area contributed by atoms with Gasteiger partial charge in [0.15, 0.2) is 0 Å². The van der Waals surface area contributed by atoms with Crippen molar-refractivity contribution < 1.29 is 19.4 Å². The number of carbonyl (C=O) groups excluding carboxylic acids is 2. The number of cyclic esters (lactones) is 1. The molecule has 0 bridgehead atoms. The molecule has 1 heterocycles. The summed E-state index contributed by atoms with van der Waals surface area (Å²) >= 11 is 0. The normalized spacial score (nSPS) is 23.9. The van der Waals surface area contributed by atoms with Gasteiger partial charge in [0.2, 0.25) is 0 Å². The third kappa shape index (κ3) is 3.19. The van der Waals surface area contributed by atoms with Crippen molar-refractivity contribution in [3.63, 3.8) is 0 Å². The van der Waals surface area contributed by atoms with Gasteiger partial charge in [-0.15, -0.1) is 12.3 Å². The fourth-order valence-electron chi connectivity index (χ4n) is 1.41. The molecule has 2 unspecified atom stereocenters. The Bertz CT molecular complexity index is 260. The van der Waals surface area contributed by atoms with Crippen molar-refractivity contribution in [1.29, 1.82) is 0 Å².